The molecule has 7 nitrogen and oxygen atoms in total. The third kappa shape index (κ3) is 8.93. The standard InChI is InChI=1S/C22H40O7/c1-3-5-7-9-11-13-17(24)15-19(26)22(21(28)29,20(27)16-23)18(25)14-12-10-8-6-4-2/h17-18,23-25H,3-16H2,1-2H3,(H,28,29). The van der Waals surface area contributed by atoms with Gasteiger partial charge in [-0.1, -0.05) is 78.1 Å². The Morgan fingerprint density at radius 3 is 1.69 bits per heavy atom. The Morgan fingerprint density at radius 1 is 0.759 bits per heavy atom. The first-order valence-electron chi connectivity index (χ1n) is 11.1. The zero-order chi connectivity index (χ0) is 22.3. The number of hydrogen-bond donors (Lipinski definition) is 4. The van der Waals surface area contributed by atoms with Gasteiger partial charge >= 0.3 is 5.97 Å². The second kappa shape index (κ2) is 15.5. The molecule has 0 aliphatic carbocycles. The van der Waals surface area contributed by atoms with Crippen molar-refractivity contribution in [3.63, 3.8) is 0 Å². The molecule has 29 heavy (non-hydrogen) atoms. The van der Waals surface area contributed by atoms with E-state index >= 15 is 0 Å². The molecule has 0 heterocycles. The molecule has 3 unspecified atom stereocenters. The second-order valence-electron chi connectivity index (χ2n) is 7.90. The van der Waals surface area contributed by atoms with Crippen molar-refractivity contribution in [2.24, 2.45) is 5.41 Å². The third-order valence-electron chi connectivity index (χ3n) is 5.50. The van der Waals surface area contributed by atoms with Crippen molar-refractivity contribution < 1.29 is 34.8 Å². The Bertz CT molecular complexity index is 492. The van der Waals surface area contributed by atoms with Crippen molar-refractivity contribution in [2.45, 2.75) is 110 Å². The highest BCUT2D eigenvalue weighted by Gasteiger charge is 2.57. The number of aliphatic hydroxyl groups excluding tert-OH is 3. The van der Waals surface area contributed by atoms with E-state index in [9.17, 15) is 34.8 Å². The van der Waals surface area contributed by atoms with Crippen molar-refractivity contribution in [1.82, 2.24) is 0 Å². The average molecular weight is 417 g/mol. The lowest BCUT2D eigenvalue weighted by Crippen LogP contribution is -2.56. The van der Waals surface area contributed by atoms with Gasteiger partial charge in [-0.3, -0.25) is 14.4 Å². The molecule has 0 rings (SSSR count). The van der Waals surface area contributed by atoms with Gasteiger partial charge in [0, 0.05) is 6.42 Å². The summed E-state index contributed by atoms with van der Waals surface area (Å²) < 4.78 is 0. The van der Waals surface area contributed by atoms with Crippen LogP contribution in [-0.4, -0.2) is 56.8 Å². The first-order chi connectivity index (χ1) is 13.8. The fourth-order valence-electron chi connectivity index (χ4n) is 3.65. The van der Waals surface area contributed by atoms with Crippen LogP contribution in [0.3, 0.4) is 0 Å². The molecule has 0 aromatic rings. The van der Waals surface area contributed by atoms with Crippen molar-refractivity contribution in [2.75, 3.05) is 6.61 Å². The van der Waals surface area contributed by atoms with Gasteiger partial charge in [-0.25, -0.2) is 0 Å². The lowest BCUT2D eigenvalue weighted by molar-refractivity contribution is -0.170. The van der Waals surface area contributed by atoms with Crippen molar-refractivity contribution in [3.8, 4) is 0 Å². The summed E-state index contributed by atoms with van der Waals surface area (Å²) in [5.41, 5.74) is -2.72. The van der Waals surface area contributed by atoms with E-state index in [4.69, 9.17) is 0 Å². The van der Waals surface area contributed by atoms with E-state index < -0.39 is 48.2 Å². The summed E-state index contributed by atoms with van der Waals surface area (Å²) in [6.07, 6.45) is 5.94. The predicted octanol–water partition coefficient (Wildman–Crippen LogP) is 3.02. The van der Waals surface area contributed by atoms with Crippen LogP contribution in [0.5, 0.6) is 0 Å². The van der Waals surface area contributed by atoms with Gasteiger partial charge in [0.25, 0.3) is 0 Å². The Morgan fingerprint density at radius 2 is 1.24 bits per heavy atom. The zero-order valence-corrected chi connectivity index (χ0v) is 18.1. The van der Waals surface area contributed by atoms with Crippen LogP contribution >= 0.6 is 0 Å². The minimum absolute atomic E-state index is 0.0272. The quantitative estimate of drug-likeness (QED) is 0.188. The van der Waals surface area contributed by atoms with E-state index in [2.05, 4.69) is 13.8 Å². The monoisotopic (exact) mass is 416 g/mol. The van der Waals surface area contributed by atoms with Gasteiger partial charge in [-0.2, -0.15) is 0 Å². The molecule has 0 aliphatic heterocycles. The first-order valence-corrected chi connectivity index (χ1v) is 11.1. The maximum atomic E-state index is 12.8. The van der Waals surface area contributed by atoms with Crippen LogP contribution < -0.4 is 0 Å². The number of unbranched alkanes of at least 4 members (excludes halogenated alkanes) is 8. The van der Waals surface area contributed by atoms with Crippen molar-refractivity contribution in [1.29, 1.82) is 0 Å². The molecule has 0 aromatic carbocycles. The highest BCUT2D eigenvalue weighted by molar-refractivity contribution is 6.23. The fourth-order valence-corrected chi connectivity index (χ4v) is 3.65. The molecular formula is C22H40O7. The number of carboxylic acid groups (broad SMARTS) is 1. The van der Waals surface area contributed by atoms with Gasteiger partial charge in [0.15, 0.2) is 11.6 Å². The zero-order valence-electron chi connectivity index (χ0n) is 18.1. The predicted molar refractivity (Wildman–Crippen MR) is 111 cm³/mol. The summed E-state index contributed by atoms with van der Waals surface area (Å²) in [4.78, 5) is 37.1. The molecule has 0 aliphatic rings. The van der Waals surface area contributed by atoms with E-state index in [0.717, 1.165) is 51.4 Å². The van der Waals surface area contributed by atoms with Crippen LogP contribution in [0.2, 0.25) is 0 Å². The summed E-state index contributed by atoms with van der Waals surface area (Å²) in [5, 5.41) is 39.7. The van der Waals surface area contributed by atoms with Crippen LogP contribution in [-0.2, 0) is 14.4 Å². The van der Waals surface area contributed by atoms with Gasteiger partial charge in [0.05, 0.1) is 12.2 Å². The summed E-state index contributed by atoms with van der Waals surface area (Å²) in [5.74, 6) is -4.03. The van der Waals surface area contributed by atoms with E-state index in [-0.39, 0.29) is 6.42 Å². The second-order valence-corrected chi connectivity index (χ2v) is 7.90. The molecule has 4 N–H and O–H groups in total. The summed E-state index contributed by atoms with van der Waals surface area (Å²) in [6.45, 7) is 2.99. The fraction of sp³-hybridized carbons (Fsp3) is 0.864. The topological polar surface area (TPSA) is 132 Å². The number of Topliss-reactive ketones (excluding diaryl/α,β-unsaturated/α-hetero) is 2. The molecule has 0 fully saturated rings. The molecule has 0 saturated carbocycles. The van der Waals surface area contributed by atoms with Crippen LogP contribution in [0, 0.1) is 5.41 Å². The molecule has 0 radical (unpaired) electrons. The summed E-state index contributed by atoms with van der Waals surface area (Å²) in [7, 11) is 0. The first kappa shape index (κ1) is 27.7. The smallest absolute Gasteiger partial charge is 0.327 e. The molecule has 0 amide bonds. The van der Waals surface area contributed by atoms with Crippen LogP contribution in [0.1, 0.15) is 97.3 Å². The minimum Gasteiger partial charge on any atom is -0.480 e. The van der Waals surface area contributed by atoms with Gasteiger partial charge < -0.3 is 20.4 Å². The van der Waals surface area contributed by atoms with Gasteiger partial charge in [-0.15, -0.1) is 0 Å². The Labute approximate surface area is 174 Å². The maximum Gasteiger partial charge on any atom is 0.327 e. The number of carboxylic acids is 1. The lowest BCUT2D eigenvalue weighted by atomic mass is 9.71. The van der Waals surface area contributed by atoms with E-state index in [1.54, 1.807) is 0 Å². The van der Waals surface area contributed by atoms with E-state index in [0.29, 0.717) is 19.3 Å². The van der Waals surface area contributed by atoms with Gasteiger partial charge in [-0.05, 0) is 12.8 Å². The Hall–Kier alpha value is -1.31. The highest BCUT2D eigenvalue weighted by Crippen LogP contribution is 2.32. The number of hydrogen-bond acceptors (Lipinski definition) is 6. The van der Waals surface area contributed by atoms with Crippen molar-refractivity contribution >= 4 is 17.5 Å². The van der Waals surface area contributed by atoms with Crippen LogP contribution in [0.4, 0.5) is 0 Å². The lowest BCUT2D eigenvalue weighted by Gasteiger charge is -2.31. The van der Waals surface area contributed by atoms with Gasteiger partial charge in [0.1, 0.15) is 6.61 Å². The molecule has 0 saturated heterocycles. The van der Waals surface area contributed by atoms with Crippen molar-refractivity contribution in [3.05, 3.63) is 0 Å². The molecule has 170 valence electrons. The summed E-state index contributed by atoms with van der Waals surface area (Å²) >= 11 is 0. The molecule has 7 heteroatoms. The average Bonchev–Trinajstić information content (AvgIpc) is 2.67. The van der Waals surface area contributed by atoms with E-state index in [1.807, 2.05) is 0 Å². The van der Waals surface area contributed by atoms with Crippen LogP contribution in [0.15, 0.2) is 0 Å². The summed E-state index contributed by atoms with van der Waals surface area (Å²) in [6, 6.07) is 0. The number of aliphatic carboxylic acids is 1. The molecule has 3 atom stereocenters. The maximum absolute atomic E-state index is 12.8. The largest absolute Gasteiger partial charge is 0.480 e. The Balaban J connectivity index is 5.11. The SMILES string of the molecule is CCCCCCCC(O)CC(=O)C(C(=O)O)(C(=O)CO)C(O)CCCCCCC. The molecular weight excluding hydrogens is 376 g/mol. The van der Waals surface area contributed by atoms with Crippen LogP contribution in [0.25, 0.3) is 0 Å². The van der Waals surface area contributed by atoms with Gasteiger partial charge in [0.2, 0.25) is 5.41 Å². The Kier molecular flexibility index (Phi) is 14.8. The molecule has 0 bridgehead atoms. The molecule has 0 spiro atoms. The van der Waals surface area contributed by atoms with E-state index in [1.165, 1.54) is 0 Å². The number of carbonyl (C=O) groups excluding carboxylic acids is 2. The molecule has 0 aromatic heterocycles. The number of ketones is 2. The minimum atomic E-state index is -2.72. The number of aliphatic hydroxyl groups is 3. The normalized spacial score (nSPS) is 15.5. The number of carbonyl (C=O) groups is 3. The third-order valence-corrected chi connectivity index (χ3v) is 5.50. The number of rotatable bonds is 19. The highest BCUT2D eigenvalue weighted by atomic mass is 16.4.